The molecule has 38 heavy (non-hydrogen) atoms. The van der Waals surface area contributed by atoms with Crippen molar-refractivity contribution in [2.24, 2.45) is 0 Å². The summed E-state index contributed by atoms with van der Waals surface area (Å²) in [4.78, 5) is 0.188. The van der Waals surface area contributed by atoms with Gasteiger partial charge >= 0.3 is 0 Å². The third-order valence-electron chi connectivity index (χ3n) is 6.81. The Hall–Kier alpha value is -2.00. The number of hydrogen-bond donors (Lipinski definition) is 0. The molecule has 0 spiro atoms. The van der Waals surface area contributed by atoms with E-state index in [0.29, 0.717) is 14.7 Å². The summed E-state index contributed by atoms with van der Waals surface area (Å²) in [5.74, 6) is 0. The Morgan fingerprint density at radius 3 is 1.68 bits per heavy atom. The van der Waals surface area contributed by atoms with Crippen molar-refractivity contribution in [3.8, 4) is 0 Å². The van der Waals surface area contributed by atoms with Gasteiger partial charge < -0.3 is 0 Å². The van der Waals surface area contributed by atoms with E-state index >= 15 is 0 Å². The van der Waals surface area contributed by atoms with E-state index in [9.17, 15) is 8.42 Å². The van der Waals surface area contributed by atoms with Crippen LogP contribution in [0.25, 0.3) is 0 Å². The van der Waals surface area contributed by atoms with Gasteiger partial charge in [-0.15, -0.1) is 0 Å². The predicted octanol–water partition coefficient (Wildman–Crippen LogP) is 8.34. The molecule has 0 fully saturated rings. The number of aryl methyl sites for hydroxylation is 1. The molecular formula is C33H45O3PS. The summed E-state index contributed by atoms with van der Waals surface area (Å²) in [5.41, 5.74) is 5.80. The Balaban J connectivity index is 2.09. The molecular weight excluding hydrogens is 507 g/mol. The molecule has 2 atom stereocenters. The maximum atomic E-state index is 13.3. The number of rotatable bonds is 7. The summed E-state index contributed by atoms with van der Waals surface area (Å²) < 4.78 is 32.6. The average molecular weight is 553 g/mol. The first kappa shape index (κ1) is 30.5. The van der Waals surface area contributed by atoms with Crippen LogP contribution in [0.3, 0.4) is 0 Å². The molecule has 206 valence electrons. The molecule has 0 aliphatic carbocycles. The van der Waals surface area contributed by atoms with Crippen LogP contribution in [0, 0.1) is 6.92 Å². The first-order valence-corrected chi connectivity index (χ1v) is 16.0. The van der Waals surface area contributed by atoms with Crippen LogP contribution in [0.15, 0.2) is 71.6 Å². The van der Waals surface area contributed by atoms with E-state index in [0.717, 1.165) is 11.1 Å². The van der Waals surface area contributed by atoms with Gasteiger partial charge in [-0.2, -0.15) is 8.42 Å². The minimum absolute atomic E-state index is 0.0272. The molecule has 0 aromatic heterocycles. The Bertz CT molecular complexity index is 1300. The van der Waals surface area contributed by atoms with Gasteiger partial charge in [-0.3, -0.25) is 4.18 Å². The van der Waals surface area contributed by atoms with Gasteiger partial charge in [0, 0.05) is 6.16 Å². The molecule has 3 aromatic carbocycles. The highest BCUT2D eigenvalue weighted by atomic mass is 32.2. The Kier molecular flexibility index (Phi) is 9.03. The van der Waals surface area contributed by atoms with Crippen molar-refractivity contribution in [1.82, 2.24) is 0 Å². The monoisotopic (exact) mass is 552 g/mol. The maximum Gasteiger partial charge on any atom is 0.297 e. The molecule has 3 aromatic rings. The van der Waals surface area contributed by atoms with Gasteiger partial charge in [0.05, 0.1) is 4.90 Å². The second kappa shape index (κ2) is 11.2. The maximum absolute atomic E-state index is 13.3. The van der Waals surface area contributed by atoms with Crippen molar-refractivity contribution in [3.63, 3.8) is 0 Å². The molecule has 0 aliphatic rings. The normalized spacial score (nSPS) is 14.3. The van der Waals surface area contributed by atoms with Crippen molar-refractivity contribution < 1.29 is 12.6 Å². The highest BCUT2D eigenvalue weighted by Crippen LogP contribution is 2.39. The molecule has 0 aliphatic heterocycles. The first-order valence-electron chi connectivity index (χ1n) is 13.4. The lowest BCUT2D eigenvalue weighted by molar-refractivity contribution is 0.238. The first-order chi connectivity index (χ1) is 17.4. The molecule has 0 bridgehead atoms. The summed E-state index contributed by atoms with van der Waals surface area (Å²) in [6.07, 6.45) is -0.000353. The van der Waals surface area contributed by atoms with Gasteiger partial charge in [-0.25, -0.2) is 0 Å². The molecule has 0 heterocycles. The van der Waals surface area contributed by atoms with Gasteiger partial charge in [-0.1, -0.05) is 131 Å². The average Bonchev–Trinajstić information content (AvgIpc) is 2.80. The lowest BCUT2D eigenvalue weighted by Gasteiger charge is -2.34. The molecule has 0 saturated carbocycles. The van der Waals surface area contributed by atoms with Crippen LogP contribution in [0.2, 0.25) is 0 Å². The SMILES string of the molecule is Cc1ccc(S(=O)(=O)O[C@H](CPc2c(C(C)(C)C)cc(C(C)(C)C)cc2C(C)(C)C)c2ccccc2)cc1. The van der Waals surface area contributed by atoms with E-state index in [-0.39, 0.29) is 21.1 Å². The summed E-state index contributed by atoms with van der Waals surface area (Å²) >= 11 is 0. The van der Waals surface area contributed by atoms with Gasteiger partial charge in [0.25, 0.3) is 10.1 Å². The Morgan fingerprint density at radius 2 is 1.24 bits per heavy atom. The number of benzene rings is 3. The fourth-order valence-corrected chi connectivity index (χ4v) is 7.60. The summed E-state index contributed by atoms with van der Waals surface area (Å²) in [6.45, 7) is 22.3. The minimum Gasteiger partial charge on any atom is -0.258 e. The third kappa shape index (κ3) is 7.56. The predicted molar refractivity (Wildman–Crippen MR) is 164 cm³/mol. The zero-order chi connectivity index (χ0) is 28.5. The second-order valence-electron chi connectivity index (χ2n) is 13.3. The van der Waals surface area contributed by atoms with Gasteiger partial charge in [0.1, 0.15) is 6.10 Å². The second-order valence-corrected chi connectivity index (χ2v) is 16.2. The van der Waals surface area contributed by atoms with E-state index in [4.69, 9.17) is 4.18 Å². The van der Waals surface area contributed by atoms with Gasteiger partial charge in [0.2, 0.25) is 0 Å². The van der Waals surface area contributed by atoms with Gasteiger partial charge in [0.15, 0.2) is 0 Å². The van der Waals surface area contributed by atoms with Crippen molar-refractivity contribution in [2.75, 3.05) is 6.16 Å². The van der Waals surface area contributed by atoms with Crippen molar-refractivity contribution in [1.29, 1.82) is 0 Å². The van der Waals surface area contributed by atoms with Crippen LogP contribution in [0.4, 0.5) is 0 Å². The zero-order valence-electron chi connectivity index (χ0n) is 24.8. The van der Waals surface area contributed by atoms with Crippen LogP contribution in [-0.4, -0.2) is 14.6 Å². The van der Waals surface area contributed by atoms with Crippen LogP contribution < -0.4 is 5.30 Å². The molecule has 0 N–H and O–H groups in total. The molecule has 1 unspecified atom stereocenters. The van der Waals surface area contributed by atoms with E-state index in [2.05, 4.69) is 74.4 Å². The van der Waals surface area contributed by atoms with Crippen LogP contribution >= 0.6 is 8.58 Å². The fraction of sp³-hybridized carbons (Fsp3) is 0.455. The molecule has 0 radical (unpaired) electrons. The van der Waals surface area contributed by atoms with Crippen molar-refractivity contribution in [2.45, 2.75) is 96.5 Å². The number of hydrogen-bond acceptors (Lipinski definition) is 3. The van der Waals surface area contributed by atoms with Gasteiger partial charge in [-0.05, 0) is 62.9 Å². The lowest BCUT2D eigenvalue weighted by Crippen LogP contribution is -2.31. The highest BCUT2D eigenvalue weighted by molar-refractivity contribution is 7.86. The van der Waals surface area contributed by atoms with Crippen molar-refractivity contribution >= 4 is 24.0 Å². The van der Waals surface area contributed by atoms with Crippen LogP contribution in [0.5, 0.6) is 0 Å². The standard InChI is InChI=1S/C33H45O3PS/c1-23-16-18-26(19-17-23)38(34,35)36-29(24-14-12-11-13-15-24)22-37-30-27(32(5,6)7)20-25(31(2,3)4)21-28(30)33(8,9)10/h11-21,29,37H,22H2,1-10H3/t29-/m1/s1. The Labute approximate surface area is 233 Å². The van der Waals surface area contributed by atoms with E-state index in [1.165, 1.54) is 22.0 Å². The third-order valence-corrected chi connectivity index (χ3v) is 9.61. The highest BCUT2D eigenvalue weighted by Gasteiger charge is 2.30. The zero-order valence-corrected chi connectivity index (χ0v) is 26.6. The summed E-state index contributed by atoms with van der Waals surface area (Å²) in [6, 6.07) is 21.3. The van der Waals surface area contributed by atoms with Crippen LogP contribution in [0.1, 0.15) is 96.2 Å². The van der Waals surface area contributed by atoms with Crippen molar-refractivity contribution in [3.05, 3.63) is 94.5 Å². The summed E-state index contributed by atoms with van der Waals surface area (Å²) in [5, 5.41) is 1.33. The summed E-state index contributed by atoms with van der Waals surface area (Å²) in [7, 11) is -3.54. The molecule has 3 rings (SSSR count). The topological polar surface area (TPSA) is 43.4 Å². The molecule has 5 heteroatoms. The lowest BCUT2D eigenvalue weighted by atomic mass is 9.75. The fourth-order valence-electron chi connectivity index (χ4n) is 4.43. The largest absolute Gasteiger partial charge is 0.297 e. The minimum atomic E-state index is -3.93. The molecule has 3 nitrogen and oxygen atoms in total. The van der Waals surface area contributed by atoms with E-state index < -0.39 is 16.2 Å². The van der Waals surface area contributed by atoms with E-state index in [1.54, 1.807) is 24.3 Å². The Morgan fingerprint density at radius 1 is 0.737 bits per heavy atom. The quantitative estimate of drug-likeness (QED) is 0.219. The molecule has 0 amide bonds. The smallest absolute Gasteiger partial charge is 0.258 e. The molecule has 0 saturated heterocycles. The van der Waals surface area contributed by atoms with Crippen LogP contribution in [-0.2, 0) is 30.5 Å². The van der Waals surface area contributed by atoms with E-state index in [1.807, 2.05) is 37.3 Å².